The second-order valence-electron chi connectivity index (χ2n) is 3.17. The zero-order valence-electron chi connectivity index (χ0n) is 7.86. The van der Waals surface area contributed by atoms with Crippen molar-refractivity contribution >= 4 is 17.6 Å². The topological polar surface area (TPSA) is 17.1 Å². The maximum Gasteiger partial charge on any atom is 0.150 e. The number of aldehydes is 1. The van der Waals surface area contributed by atoms with Gasteiger partial charge in [0, 0.05) is 10.4 Å². The average molecular weight is 202 g/mol. The van der Waals surface area contributed by atoms with Gasteiger partial charge in [0.05, 0.1) is 0 Å². The van der Waals surface area contributed by atoms with Gasteiger partial charge in [-0.05, 0) is 35.6 Å². The Morgan fingerprint density at radius 3 is 2.79 bits per heavy atom. The first-order valence-corrected chi connectivity index (χ1v) is 5.29. The Labute approximate surface area is 87.0 Å². The van der Waals surface area contributed by atoms with Gasteiger partial charge >= 0.3 is 0 Å². The van der Waals surface area contributed by atoms with Gasteiger partial charge in [-0.15, -0.1) is 11.3 Å². The minimum absolute atomic E-state index is 0.735. The summed E-state index contributed by atoms with van der Waals surface area (Å²) in [4.78, 5) is 11.9. The minimum atomic E-state index is 0.735. The zero-order valence-corrected chi connectivity index (χ0v) is 8.67. The quantitative estimate of drug-likeness (QED) is 0.681. The van der Waals surface area contributed by atoms with Crippen molar-refractivity contribution in [2.75, 3.05) is 0 Å². The highest BCUT2D eigenvalue weighted by Gasteiger charge is 2.03. The van der Waals surface area contributed by atoms with Crippen molar-refractivity contribution in [3.8, 4) is 10.4 Å². The van der Waals surface area contributed by atoms with Crippen LogP contribution in [0.5, 0.6) is 0 Å². The molecule has 2 rings (SSSR count). The molecule has 1 nitrogen and oxygen atoms in total. The summed E-state index contributed by atoms with van der Waals surface area (Å²) in [5.74, 6) is 0. The molecule has 1 heterocycles. The molecule has 0 fully saturated rings. The van der Waals surface area contributed by atoms with Gasteiger partial charge in [-0.25, -0.2) is 0 Å². The smallest absolute Gasteiger partial charge is 0.150 e. The Morgan fingerprint density at radius 2 is 2.14 bits per heavy atom. The van der Waals surface area contributed by atoms with Crippen molar-refractivity contribution in [3.05, 3.63) is 46.8 Å². The van der Waals surface area contributed by atoms with Crippen molar-refractivity contribution in [1.82, 2.24) is 0 Å². The standard InChI is InChI=1S/C12H10OS/c1-9-4-5-10(8-13)7-11(9)12-3-2-6-14-12/h2-8H,1H3. The van der Waals surface area contributed by atoms with E-state index in [1.165, 1.54) is 10.4 Å². The predicted octanol–water partition coefficient (Wildman–Crippen LogP) is 3.54. The fourth-order valence-electron chi connectivity index (χ4n) is 1.41. The molecule has 0 bridgehead atoms. The first kappa shape index (κ1) is 9.16. The van der Waals surface area contributed by atoms with E-state index in [0.29, 0.717) is 0 Å². The number of hydrogen-bond acceptors (Lipinski definition) is 2. The first-order valence-electron chi connectivity index (χ1n) is 4.41. The molecule has 0 N–H and O–H groups in total. The number of benzene rings is 1. The molecule has 0 radical (unpaired) electrons. The Hall–Kier alpha value is -1.41. The van der Waals surface area contributed by atoms with Crippen LogP contribution in [0.1, 0.15) is 15.9 Å². The summed E-state index contributed by atoms with van der Waals surface area (Å²) in [6.07, 6.45) is 0.885. The van der Waals surface area contributed by atoms with Crippen LogP contribution in [0.25, 0.3) is 10.4 Å². The van der Waals surface area contributed by atoms with Crippen LogP contribution in [-0.4, -0.2) is 6.29 Å². The van der Waals surface area contributed by atoms with E-state index in [0.717, 1.165) is 17.4 Å². The number of carbonyl (C=O) groups is 1. The number of aryl methyl sites for hydroxylation is 1. The Kier molecular flexibility index (Phi) is 2.46. The predicted molar refractivity (Wildman–Crippen MR) is 59.9 cm³/mol. The van der Waals surface area contributed by atoms with E-state index < -0.39 is 0 Å². The van der Waals surface area contributed by atoms with E-state index >= 15 is 0 Å². The number of rotatable bonds is 2. The van der Waals surface area contributed by atoms with E-state index in [2.05, 4.69) is 13.0 Å². The van der Waals surface area contributed by atoms with Gasteiger partial charge in [-0.3, -0.25) is 4.79 Å². The molecule has 0 aliphatic heterocycles. The van der Waals surface area contributed by atoms with Crippen LogP contribution in [0.2, 0.25) is 0 Å². The monoisotopic (exact) mass is 202 g/mol. The van der Waals surface area contributed by atoms with E-state index in [4.69, 9.17) is 0 Å². The largest absolute Gasteiger partial charge is 0.298 e. The molecule has 1 aromatic heterocycles. The highest BCUT2D eigenvalue weighted by Crippen LogP contribution is 2.28. The van der Waals surface area contributed by atoms with Gasteiger partial charge in [0.25, 0.3) is 0 Å². The number of hydrogen-bond donors (Lipinski definition) is 0. The van der Waals surface area contributed by atoms with Crippen LogP contribution < -0.4 is 0 Å². The molecule has 0 saturated heterocycles. The third-order valence-electron chi connectivity index (χ3n) is 2.18. The lowest BCUT2D eigenvalue weighted by Crippen LogP contribution is -1.84. The summed E-state index contributed by atoms with van der Waals surface area (Å²) in [7, 11) is 0. The fourth-order valence-corrected chi connectivity index (χ4v) is 2.22. The van der Waals surface area contributed by atoms with Crippen LogP contribution in [0.3, 0.4) is 0 Å². The molecule has 0 atom stereocenters. The summed E-state index contributed by atoms with van der Waals surface area (Å²) in [6.45, 7) is 2.06. The van der Waals surface area contributed by atoms with Crippen molar-refractivity contribution in [2.24, 2.45) is 0 Å². The van der Waals surface area contributed by atoms with E-state index in [1.54, 1.807) is 11.3 Å². The van der Waals surface area contributed by atoms with Gasteiger partial charge < -0.3 is 0 Å². The third kappa shape index (κ3) is 1.61. The molecular weight excluding hydrogens is 192 g/mol. The minimum Gasteiger partial charge on any atom is -0.298 e. The summed E-state index contributed by atoms with van der Waals surface area (Å²) < 4.78 is 0. The molecule has 70 valence electrons. The van der Waals surface area contributed by atoms with Gasteiger partial charge in [0.15, 0.2) is 0 Å². The molecule has 0 saturated carbocycles. The van der Waals surface area contributed by atoms with E-state index in [9.17, 15) is 4.79 Å². The van der Waals surface area contributed by atoms with Gasteiger partial charge in [0.1, 0.15) is 6.29 Å². The van der Waals surface area contributed by atoms with Crippen LogP contribution in [-0.2, 0) is 0 Å². The highest BCUT2D eigenvalue weighted by molar-refractivity contribution is 7.13. The van der Waals surface area contributed by atoms with E-state index in [1.807, 2.05) is 29.6 Å². The normalized spacial score (nSPS) is 10.1. The maximum atomic E-state index is 10.6. The van der Waals surface area contributed by atoms with Gasteiger partial charge in [-0.2, -0.15) is 0 Å². The van der Waals surface area contributed by atoms with E-state index in [-0.39, 0.29) is 0 Å². The van der Waals surface area contributed by atoms with Crippen molar-refractivity contribution in [1.29, 1.82) is 0 Å². The van der Waals surface area contributed by atoms with Gasteiger partial charge in [0.2, 0.25) is 0 Å². The molecule has 1 aromatic carbocycles. The molecule has 0 aliphatic carbocycles. The highest BCUT2D eigenvalue weighted by atomic mass is 32.1. The number of thiophene rings is 1. The van der Waals surface area contributed by atoms with Crippen LogP contribution >= 0.6 is 11.3 Å². The Bertz CT molecular complexity index is 443. The lowest BCUT2D eigenvalue weighted by molar-refractivity contribution is 0.112. The summed E-state index contributed by atoms with van der Waals surface area (Å²) in [5.41, 5.74) is 3.10. The molecule has 14 heavy (non-hydrogen) atoms. The molecular formula is C12H10OS. The molecule has 0 spiro atoms. The lowest BCUT2D eigenvalue weighted by Gasteiger charge is -2.03. The Balaban J connectivity index is 2.57. The number of carbonyl (C=O) groups excluding carboxylic acids is 1. The SMILES string of the molecule is Cc1ccc(C=O)cc1-c1cccs1. The van der Waals surface area contributed by atoms with Crippen molar-refractivity contribution < 1.29 is 4.79 Å². The fraction of sp³-hybridized carbons (Fsp3) is 0.0833. The third-order valence-corrected chi connectivity index (χ3v) is 3.09. The second kappa shape index (κ2) is 3.76. The molecule has 0 amide bonds. The molecule has 2 heteroatoms. The second-order valence-corrected chi connectivity index (χ2v) is 4.12. The summed E-state index contributed by atoms with van der Waals surface area (Å²) in [5, 5.41) is 2.04. The van der Waals surface area contributed by atoms with Gasteiger partial charge in [-0.1, -0.05) is 18.2 Å². The van der Waals surface area contributed by atoms with Crippen LogP contribution in [0.4, 0.5) is 0 Å². The first-order chi connectivity index (χ1) is 6.81. The van der Waals surface area contributed by atoms with Crippen molar-refractivity contribution in [3.63, 3.8) is 0 Å². The molecule has 0 unspecified atom stereocenters. The maximum absolute atomic E-state index is 10.6. The lowest BCUT2D eigenvalue weighted by atomic mass is 10.0. The Morgan fingerprint density at radius 1 is 1.29 bits per heavy atom. The van der Waals surface area contributed by atoms with Crippen molar-refractivity contribution in [2.45, 2.75) is 6.92 Å². The average Bonchev–Trinajstić information content (AvgIpc) is 2.71. The molecule has 0 aliphatic rings. The zero-order chi connectivity index (χ0) is 9.97. The molecule has 2 aromatic rings. The summed E-state index contributed by atoms with van der Waals surface area (Å²) >= 11 is 1.69. The summed E-state index contributed by atoms with van der Waals surface area (Å²) in [6, 6.07) is 9.86. The van der Waals surface area contributed by atoms with Crippen LogP contribution in [0, 0.1) is 6.92 Å². The van der Waals surface area contributed by atoms with Crippen LogP contribution in [0.15, 0.2) is 35.7 Å².